The molecule has 1 saturated heterocycles. The van der Waals surface area contributed by atoms with Crippen molar-refractivity contribution in [1.82, 2.24) is 19.9 Å². The number of nitrogens with one attached hydrogen (secondary N) is 1. The first-order valence-corrected chi connectivity index (χ1v) is 12.5. The highest BCUT2D eigenvalue weighted by molar-refractivity contribution is 6.33. The molecule has 2 aromatic carbocycles. The predicted molar refractivity (Wildman–Crippen MR) is 142 cm³/mol. The number of hydrogen-bond donors (Lipinski definition) is 1. The van der Waals surface area contributed by atoms with Gasteiger partial charge in [0.15, 0.2) is 0 Å². The minimum Gasteiger partial charge on any atom is -0.373 e. The SMILES string of the molecule is CCc1ccc(Nc2nc(CN3C[C@H](C)O[C@@H](C)C3)nc3cc(-c4ncccc4Cl)ccc23)cc1. The Kier molecular flexibility index (Phi) is 6.95. The molecule has 1 fully saturated rings. The van der Waals surface area contributed by atoms with Crippen molar-refractivity contribution in [2.45, 2.75) is 45.9 Å². The van der Waals surface area contributed by atoms with E-state index in [9.17, 15) is 0 Å². The molecule has 35 heavy (non-hydrogen) atoms. The summed E-state index contributed by atoms with van der Waals surface area (Å²) in [5, 5.41) is 5.10. The average Bonchev–Trinajstić information content (AvgIpc) is 2.84. The lowest BCUT2D eigenvalue weighted by Crippen LogP contribution is -2.45. The second-order valence-corrected chi connectivity index (χ2v) is 9.59. The molecule has 2 aromatic heterocycles. The summed E-state index contributed by atoms with van der Waals surface area (Å²) in [6, 6.07) is 18.3. The number of pyridine rings is 1. The number of ether oxygens (including phenoxy) is 1. The number of morpholine rings is 1. The molecule has 180 valence electrons. The van der Waals surface area contributed by atoms with Crippen LogP contribution in [0.3, 0.4) is 0 Å². The van der Waals surface area contributed by atoms with Crippen molar-refractivity contribution in [3.63, 3.8) is 0 Å². The van der Waals surface area contributed by atoms with Gasteiger partial charge in [-0.05, 0) is 62.2 Å². The fraction of sp³-hybridized carbons (Fsp3) is 0.321. The monoisotopic (exact) mass is 487 g/mol. The van der Waals surface area contributed by atoms with E-state index in [4.69, 9.17) is 26.3 Å². The molecular formula is C28H30ClN5O. The van der Waals surface area contributed by atoms with Crippen molar-refractivity contribution < 1.29 is 4.74 Å². The Labute approximate surface area is 211 Å². The van der Waals surface area contributed by atoms with E-state index in [1.165, 1.54) is 5.56 Å². The first kappa shape index (κ1) is 23.7. The van der Waals surface area contributed by atoms with Gasteiger partial charge in [0, 0.05) is 35.9 Å². The topological polar surface area (TPSA) is 63.2 Å². The van der Waals surface area contributed by atoms with Crippen molar-refractivity contribution in [1.29, 1.82) is 0 Å². The summed E-state index contributed by atoms with van der Waals surface area (Å²) >= 11 is 6.43. The van der Waals surface area contributed by atoms with Crippen molar-refractivity contribution >= 4 is 34.0 Å². The van der Waals surface area contributed by atoms with Crippen LogP contribution in [-0.2, 0) is 17.7 Å². The van der Waals surface area contributed by atoms with E-state index in [-0.39, 0.29) is 12.2 Å². The molecule has 0 unspecified atom stereocenters. The molecule has 0 saturated carbocycles. The number of anilines is 2. The van der Waals surface area contributed by atoms with E-state index in [1.54, 1.807) is 6.20 Å². The Morgan fingerprint density at radius 1 is 1.03 bits per heavy atom. The Balaban J connectivity index is 1.55. The van der Waals surface area contributed by atoms with Crippen LogP contribution in [0.5, 0.6) is 0 Å². The molecule has 6 nitrogen and oxygen atoms in total. The Morgan fingerprint density at radius 3 is 2.51 bits per heavy atom. The van der Waals surface area contributed by atoms with Gasteiger partial charge in [-0.1, -0.05) is 36.7 Å². The predicted octanol–water partition coefficient (Wildman–Crippen LogP) is 6.26. The van der Waals surface area contributed by atoms with Crippen LogP contribution in [0.25, 0.3) is 22.2 Å². The van der Waals surface area contributed by atoms with Gasteiger partial charge >= 0.3 is 0 Å². The lowest BCUT2D eigenvalue weighted by atomic mass is 10.1. The van der Waals surface area contributed by atoms with E-state index < -0.39 is 0 Å². The fourth-order valence-electron chi connectivity index (χ4n) is 4.66. The molecule has 0 spiro atoms. The third-order valence-electron chi connectivity index (χ3n) is 6.26. The molecule has 0 aliphatic carbocycles. The van der Waals surface area contributed by atoms with Gasteiger partial charge in [-0.3, -0.25) is 9.88 Å². The number of halogens is 1. The number of aromatic nitrogens is 3. The highest BCUT2D eigenvalue weighted by Gasteiger charge is 2.23. The van der Waals surface area contributed by atoms with Crippen molar-refractivity contribution in [2.24, 2.45) is 0 Å². The van der Waals surface area contributed by atoms with Crippen LogP contribution in [0, 0.1) is 0 Å². The molecule has 4 aromatic rings. The zero-order valence-electron chi connectivity index (χ0n) is 20.3. The maximum Gasteiger partial charge on any atom is 0.145 e. The van der Waals surface area contributed by atoms with E-state index >= 15 is 0 Å². The molecule has 0 bridgehead atoms. The van der Waals surface area contributed by atoms with E-state index in [2.05, 4.69) is 60.2 Å². The van der Waals surface area contributed by atoms with Crippen LogP contribution in [-0.4, -0.2) is 45.1 Å². The van der Waals surface area contributed by atoms with Gasteiger partial charge in [-0.15, -0.1) is 0 Å². The number of rotatable bonds is 6. The minimum absolute atomic E-state index is 0.187. The van der Waals surface area contributed by atoms with Gasteiger partial charge in [0.05, 0.1) is 35.0 Å². The zero-order chi connectivity index (χ0) is 24.4. The third-order valence-corrected chi connectivity index (χ3v) is 6.57. The molecular weight excluding hydrogens is 458 g/mol. The highest BCUT2D eigenvalue weighted by Crippen LogP contribution is 2.31. The quantitative estimate of drug-likeness (QED) is 0.346. The number of fused-ring (bicyclic) bond motifs is 1. The molecule has 5 rings (SSSR count). The second-order valence-electron chi connectivity index (χ2n) is 9.18. The number of hydrogen-bond acceptors (Lipinski definition) is 6. The third kappa shape index (κ3) is 5.45. The summed E-state index contributed by atoms with van der Waals surface area (Å²) in [6.45, 7) is 8.75. The Hall–Kier alpha value is -3.06. The first-order valence-electron chi connectivity index (χ1n) is 12.1. The largest absolute Gasteiger partial charge is 0.373 e. The second kappa shape index (κ2) is 10.3. The van der Waals surface area contributed by atoms with Gasteiger partial charge in [-0.25, -0.2) is 9.97 Å². The average molecular weight is 488 g/mol. The van der Waals surface area contributed by atoms with Crippen LogP contribution in [0.1, 0.15) is 32.2 Å². The van der Waals surface area contributed by atoms with Crippen LogP contribution in [0.2, 0.25) is 5.02 Å². The van der Waals surface area contributed by atoms with E-state index in [1.807, 2.05) is 30.3 Å². The lowest BCUT2D eigenvalue weighted by Gasteiger charge is -2.34. The molecule has 0 radical (unpaired) electrons. The number of benzene rings is 2. The summed E-state index contributed by atoms with van der Waals surface area (Å²) in [7, 11) is 0. The van der Waals surface area contributed by atoms with Crippen molar-refractivity contribution in [3.8, 4) is 11.3 Å². The fourth-order valence-corrected chi connectivity index (χ4v) is 4.89. The van der Waals surface area contributed by atoms with Gasteiger partial charge in [0.2, 0.25) is 0 Å². The maximum atomic E-state index is 6.43. The van der Waals surface area contributed by atoms with E-state index in [0.29, 0.717) is 11.6 Å². The first-order chi connectivity index (χ1) is 17.0. The smallest absolute Gasteiger partial charge is 0.145 e. The highest BCUT2D eigenvalue weighted by atomic mass is 35.5. The van der Waals surface area contributed by atoms with Gasteiger partial charge in [0.25, 0.3) is 0 Å². The lowest BCUT2D eigenvalue weighted by molar-refractivity contribution is -0.0710. The maximum absolute atomic E-state index is 6.43. The van der Waals surface area contributed by atoms with Crippen LogP contribution < -0.4 is 5.32 Å². The van der Waals surface area contributed by atoms with Crippen molar-refractivity contribution in [2.75, 3.05) is 18.4 Å². The molecule has 1 aliphatic heterocycles. The summed E-state index contributed by atoms with van der Waals surface area (Å²) in [5.41, 5.74) is 4.84. The Bertz CT molecular complexity index is 1320. The molecule has 1 N–H and O–H groups in total. The van der Waals surface area contributed by atoms with Crippen LogP contribution in [0.15, 0.2) is 60.8 Å². The number of nitrogens with zero attached hydrogens (tertiary/aromatic N) is 4. The summed E-state index contributed by atoms with van der Waals surface area (Å²) in [6.07, 6.45) is 3.14. The minimum atomic E-state index is 0.187. The summed E-state index contributed by atoms with van der Waals surface area (Å²) in [4.78, 5) is 16.8. The normalized spacial score (nSPS) is 18.6. The molecule has 2 atom stereocenters. The summed E-state index contributed by atoms with van der Waals surface area (Å²) < 4.78 is 5.91. The van der Waals surface area contributed by atoms with Crippen molar-refractivity contribution in [3.05, 3.63) is 77.2 Å². The van der Waals surface area contributed by atoms with Gasteiger partial charge in [-0.2, -0.15) is 0 Å². The van der Waals surface area contributed by atoms with Crippen LogP contribution in [0.4, 0.5) is 11.5 Å². The molecule has 1 aliphatic rings. The molecule has 7 heteroatoms. The summed E-state index contributed by atoms with van der Waals surface area (Å²) in [5.74, 6) is 1.57. The standard InChI is InChI=1S/C28H30ClN5O/c1-4-20-7-10-22(11-8-20)31-28-23-12-9-21(27-24(29)6-5-13-30-27)14-25(23)32-26(33-28)17-34-15-18(2)35-19(3)16-34/h5-14,18-19H,4,15-17H2,1-3H3,(H,31,32,33)/t18-,19-/m0/s1. The molecule has 3 heterocycles. The molecule has 0 amide bonds. The zero-order valence-corrected chi connectivity index (χ0v) is 21.1. The van der Waals surface area contributed by atoms with Gasteiger partial charge < -0.3 is 10.1 Å². The Morgan fingerprint density at radius 2 is 1.80 bits per heavy atom. The number of aryl methyl sites for hydroxylation is 1. The van der Waals surface area contributed by atoms with E-state index in [0.717, 1.165) is 59.0 Å². The van der Waals surface area contributed by atoms with Crippen LogP contribution >= 0.6 is 11.6 Å². The van der Waals surface area contributed by atoms with Gasteiger partial charge in [0.1, 0.15) is 11.6 Å².